The first kappa shape index (κ1) is 6.65. The van der Waals surface area contributed by atoms with Gasteiger partial charge in [-0.2, -0.15) is 0 Å². The monoisotopic (exact) mass is 149 g/mol. The Bertz CT molecular complexity index is 270. The number of hydrogen-bond acceptors (Lipinski definition) is 2. The highest BCUT2D eigenvalue weighted by Crippen LogP contribution is 2.23. The number of rotatable bonds is 0. The fourth-order valence-corrected chi connectivity index (χ4v) is 1.37. The number of fused-ring (bicyclic) bond motifs is 1. The van der Waals surface area contributed by atoms with Gasteiger partial charge >= 0.3 is 0 Å². The highest BCUT2D eigenvalue weighted by molar-refractivity contribution is 5.33. The molecule has 1 aliphatic rings. The van der Waals surface area contributed by atoms with Gasteiger partial charge in [-0.3, -0.25) is 4.98 Å². The average molecular weight is 149 g/mol. The van der Waals surface area contributed by atoms with E-state index in [0.29, 0.717) is 0 Å². The molecular formula is C9H11NO. The number of aromatic nitrogens is 1. The standard InChI is InChI=1S/C9H11NO/c1-7-5-8-3-2-4-11-9(8)6-10-7/h5-6H,2-4H2,1H3. The van der Waals surface area contributed by atoms with Gasteiger partial charge in [0, 0.05) is 5.69 Å². The lowest BCUT2D eigenvalue weighted by Gasteiger charge is -2.16. The van der Waals surface area contributed by atoms with Crippen molar-refractivity contribution in [1.82, 2.24) is 4.98 Å². The summed E-state index contributed by atoms with van der Waals surface area (Å²) < 4.78 is 5.42. The minimum absolute atomic E-state index is 0.845. The predicted octanol–water partition coefficient (Wildman–Crippen LogP) is 1.72. The normalized spacial score (nSPS) is 15.4. The fraction of sp³-hybridized carbons (Fsp3) is 0.444. The molecule has 2 rings (SSSR count). The van der Waals surface area contributed by atoms with Crippen LogP contribution >= 0.6 is 0 Å². The molecule has 0 radical (unpaired) electrons. The van der Waals surface area contributed by atoms with E-state index in [0.717, 1.165) is 30.9 Å². The van der Waals surface area contributed by atoms with Crippen molar-refractivity contribution in [2.24, 2.45) is 0 Å². The Morgan fingerprint density at radius 1 is 1.55 bits per heavy atom. The van der Waals surface area contributed by atoms with Gasteiger partial charge in [0.25, 0.3) is 0 Å². The van der Waals surface area contributed by atoms with Crippen LogP contribution in [0.5, 0.6) is 5.75 Å². The molecule has 58 valence electrons. The van der Waals surface area contributed by atoms with Crippen molar-refractivity contribution < 1.29 is 4.74 Å². The molecule has 11 heavy (non-hydrogen) atoms. The molecule has 0 spiro atoms. The summed E-state index contributed by atoms with van der Waals surface area (Å²) in [4.78, 5) is 4.17. The molecule has 2 nitrogen and oxygen atoms in total. The van der Waals surface area contributed by atoms with Crippen molar-refractivity contribution in [2.75, 3.05) is 6.61 Å². The van der Waals surface area contributed by atoms with Gasteiger partial charge < -0.3 is 4.74 Å². The van der Waals surface area contributed by atoms with Crippen LogP contribution in [0.25, 0.3) is 0 Å². The summed E-state index contributed by atoms with van der Waals surface area (Å²) in [6, 6.07) is 2.11. The number of aryl methyl sites for hydroxylation is 2. The Balaban J connectivity index is 2.43. The van der Waals surface area contributed by atoms with Gasteiger partial charge in [-0.15, -0.1) is 0 Å². The second kappa shape index (κ2) is 2.53. The second-order valence-corrected chi connectivity index (χ2v) is 2.89. The Labute approximate surface area is 66.2 Å². The number of nitrogens with zero attached hydrogens (tertiary/aromatic N) is 1. The molecule has 2 heterocycles. The smallest absolute Gasteiger partial charge is 0.140 e. The van der Waals surface area contributed by atoms with Crippen LogP contribution in [0.4, 0.5) is 0 Å². The zero-order valence-electron chi connectivity index (χ0n) is 6.63. The summed E-state index contributed by atoms with van der Waals surface area (Å²) in [5.41, 5.74) is 2.39. The zero-order valence-corrected chi connectivity index (χ0v) is 6.63. The minimum atomic E-state index is 0.845. The van der Waals surface area contributed by atoms with E-state index in [4.69, 9.17) is 4.74 Å². The number of hydrogen-bond donors (Lipinski definition) is 0. The van der Waals surface area contributed by atoms with Crippen molar-refractivity contribution in [3.8, 4) is 5.75 Å². The summed E-state index contributed by atoms with van der Waals surface area (Å²) in [5.74, 6) is 0.974. The number of ether oxygens (including phenoxy) is 1. The maximum absolute atomic E-state index is 5.42. The van der Waals surface area contributed by atoms with E-state index in [1.54, 1.807) is 0 Å². The van der Waals surface area contributed by atoms with E-state index >= 15 is 0 Å². The fourth-order valence-electron chi connectivity index (χ4n) is 1.37. The molecule has 1 aromatic rings. The van der Waals surface area contributed by atoms with Crippen LogP contribution in [0.2, 0.25) is 0 Å². The van der Waals surface area contributed by atoms with E-state index in [9.17, 15) is 0 Å². The van der Waals surface area contributed by atoms with Crippen LogP contribution in [0.3, 0.4) is 0 Å². The average Bonchev–Trinajstić information content (AvgIpc) is 2.04. The van der Waals surface area contributed by atoms with Crippen LogP contribution in [0.15, 0.2) is 12.3 Å². The first-order valence-electron chi connectivity index (χ1n) is 3.94. The molecular weight excluding hydrogens is 138 g/mol. The topological polar surface area (TPSA) is 22.1 Å². The van der Waals surface area contributed by atoms with Gasteiger partial charge in [0.2, 0.25) is 0 Å². The summed E-state index contributed by atoms with van der Waals surface area (Å²) in [7, 11) is 0. The molecule has 0 unspecified atom stereocenters. The Morgan fingerprint density at radius 2 is 2.45 bits per heavy atom. The van der Waals surface area contributed by atoms with E-state index in [1.807, 2.05) is 13.1 Å². The highest BCUT2D eigenvalue weighted by atomic mass is 16.5. The summed E-state index contributed by atoms with van der Waals surface area (Å²) in [6.07, 6.45) is 4.10. The SMILES string of the molecule is Cc1cc2c(cn1)OCCC2. The maximum Gasteiger partial charge on any atom is 0.140 e. The summed E-state index contributed by atoms with van der Waals surface area (Å²) >= 11 is 0. The van der Waals surface area contributed by atoms with E-state index in [1.165, 1.54) is 5.56 Å². The Hall–Kier alpha value is -1.05. The maximum atomic E-state index is 5.42. The summed E-state index contributed by atoms with van der Waals surface area (Å²) in [5, 5.41) is 0. The number of pyridine rings is 1. The van der Waals surface area contributed by atoms with Crippen LogP contribution in [0, 0.1) is 6.92 Å². The highest BCUT2D eigenvalue weighted by Gasteiger charge is 2.09. The molecule has 1 aliphatic heterocycles. The first-order valence-corrected chi connectivity index (χ1v) is 3.94. The van der Waals surface area contributed by atoms with Crippen molar-refractivity contribution in [3.05, 3.63) is 23.5 Å². The van der Waals surface area contributed by atoms with Gasteiger partial charge in [-0.25, -0.2) is 0 Å². The van der Waals surface area contributed by atoms with Crippen LogP contribution in [-0.2, 0) is 6.42 Å². The third kappa shape index (κ3) is 1.20. The second-order valence-electron chi connectivity index (χ2n) is 2.89. The summed E-state index contributed by atoms with van der Waals surface area (Å²) in [6.45, 7) is 2.85. The lowest BCUT2D eigenvalue weighted by Crippen LogP contribution is -2.08. The molecule has 0 saturated carbocycles. The van der Waals surface area contributed by atoms with Crippen LogP contribution in [-0.4, -0.2) is 11.6 Å². The first-order chi connectivity index (χ1) is 5.36. The minimum Gasteiger partial charge on any atom is -0.492 e. The molecule has 1 aromatic heterocycles. The van der Waals surface area contributed by atoms with E-state index < -0.39 is 0 Å². The zero-order chi connectivity index (χ0) is 7.68. The molecule has 2 heteroatoms. The molecule has 0 saturated heterocycles. The predicted molar refractivity (Wildman–Crippen MR) is 42.8 cm³/mol. The quantitative estimate of drug-likeness (QED) is 0.560. The molecule has 0 fully saturated rings. The molecule has 0 bridgehead atoms. The molecule has 0 amide bonds. The third-order valence-electron chi connectivity index (χ3n) is 1.93. The molecule has 0 atom stereocenters. The van der Waals surface area contributed by atoms with Gasteiger partial charge in [0.05, 0.1) is 12.8 Å². The third-order valence-corrected chi connectivity index (χ3v) is 1.93. The van der Waals surface area contributed by atoms with Crippen LogP contribution in [0.1, 0.15) is 17.7 Å². The van der Waals surface area contributed by atoms with Crippen molar-refractivity contribution in [1.29, 1.82) is 0 Å². The lowest BCUT2D eigenvalue weighted by atomic mass is 10.1. The van der Waals surface area contributed by atoms with E-state index in [-0.39, 0.29) is 0 Å². The van der Waals surface area contributed by atoms with Gasteiger partial charge in [-0.1, -0.05) is 0 Å². The van der Waals surface area contributed by atoms with Crippen molar-refractivity contribution in [2.45, 2.75) is 19.8 Å². The Kier molecular flexibility index (Phi) is 1.53. The van der Waals surface area contributed by atoms with Crippen molar-refractivity contribution >= 4 is 0 Å². The largest absolute Gasteiger partial charge is 0.492 e. The Morgan fingerprint density at radius 3 is 3.36 bits per heavy atom. The molecule has 0 aromatic carbocycles. The lowest BCUT2D eigenvalue weighted by molar-refractivity contribution is 0.287. The van der Waals surface area contributed by atoms with E-state index in [2.05, 4.69) is 11.1 Å². The van der Waals surface area contributed by atoms with Crippen molar-refractivity contribution in [3.63, 3.8) is 0 Å². The molecule has 0 N–H and O–H groups in total. The van der Waals surface area contributed by atoms with Gasteiger partial charge in [0.1, 0.15) is 5.75 Å². The van der Waals surface area contributed by atoms with Crippen LogP contribution < -0.4 is 4.74 Å². The molecule has 0 aliphatic carbocycles. The van der Waals surface area contributed by atoms with Gasteiger partial charge in [-0.05, 0) is 31.4 Å². The van der Waals surface area contributed by atoms with Gasteiger partial charge in [0.15, 0.2) is 0 Å².